The van der Waals surface area contributed by atoms with Crippen molar-refractivity contribution in [2.75, 3.05) is 27.2 Å². The molecule has 4 N–H and O–H groups in total. The van der Waals surface area contributed by atoms with E-state index in [2.05, 4.69) is 17.3 Å². The molecule has 0 radical (unpaired) electrons. The number of aliphatic carboxylic acids is 1. The molecule has 12 heteroatoms. The average Bonchev–Trinajstić information content (AvgIpc) is 3.83. The van der Waals surface area contributed by atoms with E-state index in [-0.39, 0.29) is 6.10 Å². The monoisotopic (exact) mass is 648 g/mol. The minimum Gasteiger partial charge on any atom is -0.479 e. The summed E-state index contributed by atoms with van der Waals surface area (Å²) in [5.41, 5.74) is -3.61. The van der Waals surface area contributed by atoms with E-state index in [0.717, 1.165) is 38.8 Å². The van der Waals surface area contributed by atoms with Crippen LogP contribution >= 0.6 is 45.3 Å². The van der Waals surface area contributed by atoms with Crippen LogP contribution in [0.4, 0.5) is 0 Å². The highest BCUT2D eigenvalue weighted by Crippen LogP contribution is 2.38. The molecule has 1 aliphatic rings. The zero-order valence-corrected chi connectivity index (χ0v) is 26.7. The zero-order valence-electron chi connectivity index (χ0n) is 23.5. The van der Waals surface area contributed by atoms with Crippen molar-refractivity contribution < 1.29 is 29.6 Å². The Balaban J connectivity index is 0.000000227. The molecule has 0 unspecified atom stereocenters. The Hall–Kier alpha value is -2.42. The normalized spacial score (nSPS) is 17.5. The van der Waals surface area contributed by atoms with Gasteiger partial charge < -0.3 is 30.3 Å². The Morgan fingerprint density at radius 1 is 0.833 bits per heavy atom. The van der Waals surface area contributed by atoms with E-state index in [1.807, 2.05) is 29.9 Å². The molecule has 4 heterocycles. The molecule has 0 saturated heterocycles. The van der Waals surface area contributed by atoms with Gasteiger partial charge in [0.15, 0.2) is 0 Å². The number of likely N-dealkylation sites (N-methyl/N-ethyl adjacent to an activating group) is 2. The summed E-state index contributed by atoms with van der Waals surface area (Å²) in [5, 5.41) is 41.1. The van der Waals surface area contributed by atoms with Crippen molar-refractivity contribution >= 4 is 57.3 Å². The van der Waals surface area contributed by atoms with Gasteiger partial charge in [0.1, 0.15) is 6.10 Å². The molecule has 42 heavy (non-hydrogen) atoms. The predicted molar refractivity (Wildman–Crippen MR) is 170 cm³/mol. The van der Waals surface area contributed by atoms with Gasteiger partial charge in [-0.15, -0.1) is 45.3 Å². The van der Waals surface area contributed by atoms with Crippen molar-refractivity contribution in [2.24, 2.45) is 0 Å². The number of hydrogen-bond donors (Lipinski definition) is 4. The number of carbonyl (C=O) groups is 2. The van der Waals surface area contributed by atoms with Gasteiger partial charge >= 0.3 is 11.9 Å². The van der Waals surface area contributed by atoms with E-state index in [9.17, 15) is 19.8 Å². The van der Waals surface area contributed by atoms with Gasteiger partial charge in [-0.2, -0.15) is 0 Å². The third kappa shape index (κ3) is 7.20. The number of aliphatic hydroxyl groups is 2. The standard InChI is InChI=1S/C20H28N2O3S2.C10H8O3S2/c1-21-11-12-22(2)15-7-9-16(10-8-15)25-19(23)20(24,17-5-3-13-26-17)18-6-4-14-27-18;11-9(12)10(13,7-3-1-5-14-7)8-4-2-6-15-8/h3-6,13-16,21,24H,7-12H2,1-2H3;1-6,13H,(H,11,12). The third-order valence-electron chi connectivity index (χ3n) is 7.37. The van der Waals surface area contributed by atoms with Gasteiger partial charge in [0.25, 0.3) is 0 Å². The number of nitrogens with one attached hydrogen (secondary N) is 1. The van der Waals surface area contributed by atoms with E-state index in [1.165, 1.54) is 45.3 Å². The highest BCUT2D eigenvalue weighted by atomic mass is 32.1. The molecule has 0 spiro atoms. The van der Waals surface area contributed by atoms with Gasteiger partial charge in [0.05, 0.1) is 19.5 Å². The molecule has 1 aliphatic carbocycles. The number of carboxylic acids is 1. The molecule has 0 aliphatic heterocycles. The van der Waals surface area contributed by atoms with Crippen LogP contribution in [-0.4, -0.2) is 71.5 Å². The van der Waals surface area contributed by atoms with Crippen LogP contribution in [0.2, 0.25) is 0 Å². The van der Waals surface area contributed by atoms with Crippen LogP contribution in [-0.2, 0) is 25.5 Å². The van der Waals surface area contributed by atoms with Gasteiger partial charge in [-0.05, 0) is 85.6 Å². The van der Waals surface area contributed by atoms with Crippen LogP contribution in [0.5, 0.6) is 0 Å². The lowest BCUT2D eigenvalue weighted by Gasteiger charge is -2.35. The molecule has 4 aromatic rings. The maximum Gasteiger partial charge on any atom is 0.349 e. The van der Waals surface area contributed by atoms with Crippen molar-refractivity contribution in [3.05, 3.63) is 89.6 Å². The predicted octanol–water partition coefficient (Wildman–Crippen LogP) is 5.18. The van der Waals surface area contributed by atoms with Gasteiger partial charge in [-0.25, -0.2) is 9.59 Å². The maximum atomic E-state index is 13.0. The zero-order chi connectivity index (χ0) is 30.2. The lowest BCUT2D eigenvalue weighted by atomic mass is 9.91. The summed E-state index contributed by atoms with van der Waals surface area (Å²) < 4.78 is 5.81. The van der Waals surface area contributed by atoms with Crippen molar-refractivity contribution in [2.45, 2.75) is 49.0 Å². The van der Waals surface area contributed by atoms with Gasteiger partial charge in [-0.3, -0.25) is 0 Å². The smallest absolute Gasteiger partial charge is 0.349 e. The summed E-state index contributed by atoms with van der Waals surface area (Å²) in [4.78, 5) is 28.6. The summed E-state index contributed by atoms with van der Waals surface area (Å²) in [6, 6.07) is 14.5. The minimum absolute atomic E-state index is 0.127. The number of hydrogen-bond acceptors (Lipinski definition) is 11. The first-order chi connectivity index (χ1) is 20.2. The number of esters is 1. The first-order valence-corrected chi connectivity index (χ1v) is 17.1. The van der Waals surface area contributed by atoms with Crippen molar-refractivity contribution in [3.63, 3.8) is 0 Å². The molecule has 0 amide bonds. The number of nitrogens with zero attached hydrogens (tertiary/aromatic N) is 1. The molecule has 0 bridgehead atoms. The van der Waals surface area contributed by atoms with Crippen molar-refractivity contribution in [1.29, 1.82) is 0 Å². The molecule has 0 atom stereocenters. The van der Waals surface area contributed by atoms with Crippen LogP contribution in [0.15, 0.2) is 70.1 Å². The Bertz CT molecular complexity index is 1280. The third-order valence-corrected chi connectivity index (χ3v) is 11.3. The second-order valence-corrected chi connectivity index (χ2v) is 13.8. The lowest BCUT2D eigenvalue weighted by Crippen LogP contribution is -2.43. The Labute approximate surface area is 261 Å². The van der Waals surface area contributed by atoms with E-state index in [4.69, 9.17) is 9.84 Å². The summed E-state index contributed by atoms with van der Waals surface area (Å²) in [6.45, 7) is 1.99. The van der Waals surface area contributed by atoms with Crippen LogP contribution in [0, 0.1) is 0 Å². The molecule has 5 rings (SSSR count). The Kier molecular flexibility index (Phi) is 11.5. The first-order valence-electron chi connectivity index (χ1n) is 13.6. The quantitative estimate of drug-likeness (QED) is 0.164. The first kappa shape index (κ1) is 32.5. The summed E-state index contributed by atoms with van der Waals surface area (Å²) in [5.74, 6) is -1.80. The van der Waals surface area contributed by atoms with Crippen molar-refractivity contribution in [1.82, 2.24) is 10.2 Å². The molecule has 4 aromatic heterocycles. The number of carboxylic acid groups (broad SMARTS) is 1. The summed E-state index contributed by atoms with van der Waals surface area (Å²) in [7, 11) is 4.12. The van der Waals surface area contributed by atoms with Crippen LogP contribution in [0.1, 0.15) is 45.2 Å². The molecular formula is C30H36N2O6S4. The molecule has 0 aromatic carbocycles. The Morgan fingerprint density at radius 2 is 1.26 bits per heavy atom. The fourth-order valence-corrected chi connectivity index (χ4v) is 8.34. The number of thiophene rings is 4. The lowest BCUT2D eigenvalue weighted by molar-refractivity contribution is -0.169. The summed E-state index contributed by atoms with van der Waals surface area (Å²) >= 11 is 5.21. The van der Waals surface area contributed by atoms with Crippen LogP contribution in [0.3, 0.4) is 0 Å². The fraction of sp³-hybridized carbons (Fsp3) is 0.400. The topological polar surface area (TPSA) is 119 Å². The molecule has 1 fully saturated rings. The number of rotatable bonds is 11. The SMILES string of the molecule is CNCCN(C)C1CCC(OC(=O)C(O)(c2cccs2)c2cccs2)CC1.O=C(O)C(O)(c1cccs1)c1cccs1. The molecule has 1 saturated carbocycles. The molecule has 226 valence electrons. The molecule has 8 nitrogen and oxygen atoms in total. The maximum absolute atomic E-state index is 13.0. The van der Waals surface area contributed by atoms with E-state index >= 15 is 0 Å². The van der Waals surface area contributed by atoms with E-state index in [0.29, 0.717) is 25.6 Å². The van der Waals surface area contributed by atoms with Crippen molar-refractivity contribution in [3.8, 4) is 0 Å². The minimum atomic E-state index is -1.90. The van der Waals surface area contributed by atoms with Crippen LogP contribution < -0.4 is 5.32 Å². The van der Waals surface area contributed by atoms with Gasteiger partial charge in [-0.1, -0.05) is 24.3 Å². The Morgan fingerprint density at radius 3 is 1.62 bits per heavy atom. The van der Waals surface area contributed by atoms with Gasteiger partial charge in [0, 0.05) is 19.1 Å². The number of ether oxygens (including phenoxy) is 1. The van der Waals surface area contributed by atoms with E-state index < -0.39 is 23.1 Å². The average molecular weight is 649 g/mol. The van der Waals surface area contributed by atoms with Crippen LogP contribution in [0.25, 0.3) is 0 Å². The fourth-order valence-electron chi connectivity index (χ4n) is 4.90. The molecular weight excluding hydrogens is 613 g/mol. The van der Waals surface area contributed by atoms with Gasteiger partial charge in [0.2, 0.25) is 11.2 Å². The second kappa shape index (κ2) is 14.8. The highest BCUT2D eigenvalue weighted by molar-refractivity contribution is 7.12. The largest absolute Gasteiger partial charge is 0.479 e. The highest BCUT2D eigenvalue weighted by Gasteiger charge is 2.45. The number of carbonyl (C=O) groups excluding carboxylic acids is 1. The van der Waals surface area contributed by atoms with E-state index in [1.54, 1.807) is 47.2 Å². The summed E-state index contributed by atoms with van der Waals surface area (Å²) in [6.07, 6.45) is 3.57. The second-order valence-electron chi connectivity index (χ2n) is 10.1.